The van der Waals surface area contributed by atoms with Gasteiger partial charge in [0.25, 0.3) is 0 Å². The minimum Gasteiger partial charge on any atom is -0.367 e. The van der Waals surface area contributed by atoms with Crippen LogP contribution in [0.4, 0.5) is 13.9 Å². The van der Waals surface area contributed by atoms with Gasteiger partial charge in [-0.15, -0.1) is 11.3 Å². The van der Waals surface area contributed by atoms with Gasteiger partial charge >= 0.3 is 0 Å². The van der Waals surface area contributed by atoms with Gasteiger partial charge in [-0.25, -0.2) is 13.8 Å². The molecule has 1 aromatic heterocycles. The number of nitrogens with two attached hydrogens (primary N) is 1. The maximum absolute atomic E-state index is 14.2. The van der Waals surface area contributed by atoms with E-state index in [1.807, 2.05) is 26.2 Å². The van der Waals surface area contributed by atoms with Crippen molar-refractivity contribution in [2.75, 3.05) is 51.3 Å². The minimum atomic E-state index is -2.74. The molecular weight excluding hydrogens is 552 g/mol. The summed E-state index contributed by atoms with van der Waals surface area (Å²) in [5.41, 5.74) is 7.42. The van der Waals surface area contributed by atoms with Crippen LogP contribution in [-0.2, 0) is 14.3 Å². The highest BCUT2D eigenvalue weighted by Crippen LogP contribution is 2.41. The fourth-order valence-electron chi connectivity index (χ4n) is 6.06. The second-order valence-corrected chi connectivity index (χ2v) is 13.3. The molecule has 2 N–H and O–H groups in total. The highest BCUT2D eigenvalue weighted by atomic mass is 32.1. The Balaban J connectivity index is 1.52. The largest absolute Gasteiger partial charge is 0.367 e. The van der Waals surface area contributed by atoms with E-state index in [2.05, 4.69) is 16.8 Å². The molecule has 222 valence electrons. The summed E-state index contributed by atoms with van der Waals surface area (Å²) in [6.07, 6.45) is -3.47. The third kappa shape index (κ3) is 6.00. The lowest BCUT2D eigenvalue weighted by Crippen LogP contribution is -2.45. The molecule has 3 fully saturated rings. The number of piperazine rings is 1. The molecule has 9 nitrogen and oxygen atoms in total. The van der Waals surface area contributed by atoms with E-state index in [9.17, 15) is 23.2 Å². The summed E-state index contributed by atoms with van der Waals surface area (Å²) in [6.45, 7) is 8.93. The topological polar surface area (TPSA) is 109 Å². The lowest BCUT2D eigenvalue weighted by Gasteiger charge is -2.32. The number of carbonyl (C=O) groups is 3. The highest BCUT2D eigenvalue weighted by Gasteiger charge is 2.56. The summed E-state index contributed by atoms with van der Waals surface area (Å²) in [5.74, 6) is -3.70. The van der Waals surface area contributed by atoms with Crippen LogP contribution in [0.1, 0.15) is 49.0 Å². The minimum absolute atomic E-state index is 0.182. The van der Waals surface area contributed by atoms with Gasteiger partial charge in [0.05, 0.1) is 23.6 Å². The Morgan fingerprint density at radius 2 is 1.90 bits per heavy atom. The number of hydrogen-bond acceptors (Lipinski definition) is 8. The molecule has 4 atom stereocenters. The number of halogens is 2. The van der Waals surface area contributed by atoms with Crippen molar-refractivity contribution >= 4 is 34.1 Å². The number of alkyl halides is 2. The van der Waals surface area contributed by atoms with Gasteiger partial charge in [-0.2, -0.15) is 0 Å². The standard InChI is InChI=1S/C29H37F2N5O4S/c1-29(2,3)12-19(27(39)36-13-20(25(30)31)24-23(36)22(37)14-40-24)18-11-16(5-6-17(18)26(32)38)21-15-41-28(33-21)35-9-7-34(4)8-10-35/h5-6,11,15,19-20,23-25H,7-10,12-14H2,1-4H3,(H2,32,38)/t19-,20+,23+,24+/m0/s1. The number of rotatable bonds is 7. The summed E-state index contributed by atoms with van der Waals surface area (Å²) in [7, 11) is 2.09. The smallest absolute Gasteiger partial charge is 0.249 e. The number of ketones is 1. The van der Waals surface area contributed by atoms with Crippen LogP contribution in [0.5, 0.6) is 0 Å². The Kier molecular flexibility index (Phi) is 8.19. The van der Waals surface area contributed by atoms with Gasteiger partial charge in [0.1, 0.15) is 12.6 Å². The van der Waals surface area contributed by atoms with E-state index in [4.69, 9.17) is 15.5 Å². The molecule has 1 aromatic carbocycles. The van der Waals surface area contributed by atoms with Crippen LogP contribution in [-0.4, -0.2) is 97.3 Å². The lowest BCUT2D eigenvalue weighted by molar-refractivity contribution is -0.138. The van der Waals surface area contributed by atoms with Crippen LogP contribution in [0.2, 0.25) is 0 Å². The van der Waals surface area contributed by atoms with Gasteiger partial charge in [-0.3, -0.25) is 14.4 Å². The Labute approximate surface area is 242 Å². The van der Waals surface area contributed by atoms with Gasteiger partial charge in [0.15, 0.2) is 10.9 Å². The molecule has 2 amide bonds. The van der Waals surface area contributed by atoms with Crippen LogP contribution in [0.15, 0.2) is 23.6 Å². The molecule has 0 radical (unpaired) electrons. The Hall–Kier alpha value is -2.96. The second kappa shape index (κ2) is 11.4. The van der Waals surface area contributed by atoms with E-state index in [0.717, 1.165) is 36.9 Å². The summed E-state index contributed by atoms with van der Waals surface area (Å²) in [6, 6.07) is 4.07. The molecule has 3 aliphatic rings. The molecule has 0 saturated carbocycles. The zero-order valence-corrected chi connectivity index (χ0v) is 24.6. The molecule has 12 heteroatoms. The average molecular weight is 590 g/mol. The van der Waals surface area contributed by atoms with Crippen LogP contribution >= 0.6 is 11.3 Å². The summed E-state index contributed by atoms with van der Waals surface area (Å²) < 4.78 is 33.2. The van der Waals surface area contributed by atoms with Crippen LogP contribution < -0.4 is 10.6 Å². The summed E-state index contributed by atoms with van der Waals surface area (Å²) in [5, 5.41) is 2.85. The molecule has 4 heterocycles. The number of Topliss-reactive ketones (excluding diaryl/α,β-unsaturated/α-hetero) is 1. The number of carbonyl (C=O) groups excluding carboxylic acids is 3. The number of anilines is 1. The van der Waals surface area contributed by atoms with Crippen molar-refractivity contribution < 1.29 is 27.9 Å². The van der Waals surface area contributed by atoms with E-state index in [1.165, 1.54) is 16.2 Å². The van der Waals surface area contributed by atoms with Crippen molar-refractivity contribution in [2.24, 2.45) is 17.1 Å². The first-order valence-electron chi connectivity index (χ1n) is 13.9. The lowest BCUT2D eigenvalue weighted by atomic mass is 9.78. The van der Waals surface area contributed by atoms with Crippen molar-refractivity contribution in [2.45, 2.75) is 51.7 Å². The van der Waals surface area contributed by atoms with Crippen molar-refractivity contribution in [3.8, 4) is 11.3 Å². The number of aromatic nitrogens is 1. The van der Waals surface area contributed by atoms with Crippen LogP contribution in [0.3, 0.4) is 0 Å². The van der Waals surface area contributed by atoms with Crippen molar-refractivity contribution in [1.29, 1.82) is 0 Å². The first-order valence-corrected chi connectivity index (χ1v) is 14.8. The van der Waals surface area contributed by atoms with Crippen molar-refractivity contribution in [1.82, 2.24) is 14.8 Å². The number of nitrogens with zero attached hydrogens (tertiary/aromatic N) is 4. The number of fused-ring (bicyclic) bond motifs is 1. The Bertz CT molecular complexity index is 1320. The fourth-order valence-corrected chi connectivity index (χ4v) is 6.95. The SMILES string of the molecule is CN1CCN(c2nc(-c3ccc(C(N)=O)c([C@H](CC(C)(C)C)C(=O)N4C[C@@H](C(F)F)[C@H]5OCC(=O)[C@H]54)c3)cs2)CC1. The van der Waals surface area contributed by atoms with E-state index in [-0.39, 0.29) is 29.9 Å². The number of likely N-dealkylation sites (tertiary alicyclic amines) is 1. The second-order valence-electron chi connectivity index (χ2n) is 12.5. The predicted molar refractivity (Wildman–Crippen MR) is 152 cm³/mol. The molecule has 41 heavy (non-hydrogen) atoms. The molecule has 0 aliphatic carbocycles. The number of primary amides is 1. The monoisotopic (exact) mass is 589 g/mol. The molecule has 0 spiro atoms. The first-order chi connectivity index (χ1) is 19.3. The van der Waals surface area contributed by atoms with Gasteiger partial charge < -0.3 is 25.2 Å². The van der Waals surface area contributed by atoms with Gasteiger partial charge in [-0.1, -0.05) is 26.8 Å². The van der Waals surface area contributed by atoms with Crippen LogP contribution in [0.25, 0.3) is 11.3 Å². The predicted octanol–water partition coefficient (Wildman–Crippen LogP) is 3.24. The van der Waals surface area contributed by atoms with Gasteiger partial charge in [-0.05, 0) is 36.6 Å². The first kappa shape index (κ1) is 29.5. The maximum Gasteiger partial charge on any atom is 0.249 e. The highest BCUT2D eigenvalue weighted by molar-refractivity contribution is 7.14. The van der Waals surface area contributed by atoms with Gasteiger partial charge in [0, 0.05) is 49.2 Å². The van der Waals surface area contributed by atoms with E-state index < -0.39 is 42.2 Å². The van der Waals surface area contributed by atoms with E-state index in [0.29, 0.717) is 17.7 Å². The zero-order chi connectivity index (χ0) is 29.6. The molecular formula is C29H37F2N5O4S. The third-order valence-corrected chi connectivity index (χ3v) is 9.10. The fraction of sp³-hybridized carbons (Fsp3) is 0.586. The van der Waals surface area contributed by atoms with Crippen molar-refractivity contribution in [3.63, 3.8) is 0 Å². The number of benzene rings is 1. The van der Waals surface area contributed by atoms with E-state index in [1.54, 1.807) is 18.2 Å². The van der Waals surface area contributed by atoms with Crippen LogP contribution in [0, 0.1) is 11.3 Å². The zero-order valence-electron chi connectivity index (χ0n) is 23.8. The number of likely N-dealkylation sites (N-methyl/N-ethyl adjacent to an activating group) is 1. The molecule has 5 rings (SSSR count). The molecule has 2 aromatic rings. The summed E-state index contributed by atoms with van der Waals surface area (Å²) in [4.78, 5) is 50.1. The maximum atomic E-state index is 14.2. The average Bonchev–Trinajstić information content (AvgIpc) is 3.64. The molecule has 3 aliphatic heterocycles. The number of amides is 2. The normalized spacial score (nSPS) is 24.3. The summed E-state index contributed by atoms with van der Waals surface area (Å²) >= 11 is 1.53. The van der Waals surface area contributed by atoms with Crippen molar-refractivity contribution in [3.05, 3.63) is 34.7 Å². The number of hydrogen-bond donors (Lipinski definition) is 1. The number of ether oxygens (including phenoxy) is 1. The van der Waals surface area contributed by atoms with E-state index >= 15 is 0 Å². The number of thiazole rings is 1. The Morgan fingerprint density at radius 3 is 2.54 bits per heavy atom. The molecule has 3 saturated heterocycles. The quantitative estimate of drug-likeness (QED) is 0.528. The Morgan fingerprint density at radius 1 is 1.20 bits per heavy atom. The molecule has 0 unspecified atom stereocenters. The molecule has 0 bridgehead atoms. The van der Waals surface area contributed by atoms with Gasteiger partial charge in [0.2, 0.25) is 18.2 Å². The third-order valence-electron chi connectivity index (χ3n) is 8.20.